The Hall–Kier alpha value is -0.560. The third-order valence-electron chi connectivity index (χ3n) is 7.26. The molecule has 0 aliphatic heterocycles. The molecule has 0 aliphatic rings. The summed E-state index contributed by atoms with van der Waals surface area (Å²) in [6.07, 6.45) is 41.7. The van der Waals surface area contributed by atoms with Gasteiger partial charge in [0.2, 0.25) is 0 Å². The summed E-state index contributed by atoms with van der Waals surface area (Å²) >= 11 is 0. The van der Waals surface area contributed by atoms with Crippen molar-refractivity contribution in [2.45, 2.75) is 162 Å². The molecule has 0 saturated heterocycles. The summed E-state index contributed by atoms with van der Waals surface area (Å²) in [5, 5.41) is 0. The Morgan fingerprint density at radius 3 is 1.38 bits per heavy atom. The van der Waals surface area contributed by atoms with E-state index in [9.17, 15) is 0 Å². The van der Waals surface area contributed by atoms with Crippen molar-refractivity contribution in [2.24, 2.45) is 5.92 Å². The second-order valence-electron chi connectivity index (χ2n) is 11.1. The summed E-state index contributed by atoms with van der Waals surface area (Å²) in [5.74, 6) is 0.969. The first kappa shape index (κ1) is 33.4. The van der Waals surface area contributed by atoms with Crippen LogP contribution in [0.1, 0.15) is 162 Å². The van der Waals surface area contributed by atoms with Crippen LogP contribution < -0.4 is 0 Å². The van der Waals surface area contributed by atoms with Gasteiger partial charge in [-0.05, 0) is 65.1 Å². The van der Waals surface area contributed by atoms with E-state index in [0.29, 0.717) is 0 Å². The van der Waals surface area contributed by atoms with E-state index in [1.165, 1.54) is 148 Å². The zero-order chi connectivity index (χ0) is 25.0. The quantitative estimate of drug-likeness (QED) is 0.0843. The van der Waals surface area contributed by atoms with Crippen LogP contribution in [0.2, 0.25) is 0 Å². The maximum absolute atomic E-state index is 2.40. The fourth-order valence-electron chi connectivity index (χ4n) is 4.86. The second-order valence-corrected chi connectivity index (χ2v) is 11.1. The maximum Gasteiger partial charge on any atom is -0.00222 e. The zero-order valence-corrected chi connectivity index (χ0v) is 24.3. The SMILES string of the molecule is CCCCC/C=C\C/C=C\CCCCCCCCC[C@@H](CCCCCCCCC)CCN(C)C. The second kappa shape index (κ2) is 28.7. The Kier molecular flexibility index (Phi) is 28.2. The van der Waals surface area contributed by atoms with Gasteiger partial charge in [-0.3, -0.25) is 0 Å². The van der Waals surface area contributed by atoms with Gasteiger partial charge < -0.3 is 4.90 Å². The standard InChI is InChI=1S/C33H65N/c1-5-7-9-11-13-14-15-16-17-18-19-20-21-22-24-26-28-30-33(31-32-34(3)4)29-27-25-23-12-10-8-6-2/h13-14,16-17,33H,5-12,15,18-32H2,1-4H3/b14-13-,17-16-/t33-/m1/s1. The van der Waals surface area contributed by atoms with E-state index in [-0.39, 0.29) is 0 Å². The van der Waals surface area contributed by atoms with E-state index in [2.05, 4.69) is 57.1 Å². The minimum absolute atomic E-state index is 0.969. The fourth-order valence-corrected chi connectivity index (χ4v) is 4.86. The summed E-state index contributed by atoms with van der Waals surface area (Å²) in [5.41, 5.74) is 0. The molecule has 0 aromatic rings. The molecule has 34 heavy (non-hydrogen) atoms. The van der Waals surface area contributed by atoms with Crippen molar-refractivity contribution >= 4 is 0 Å². The van der Waals surface area contributed by atoms with Gasteiger partial charge in [0.05, 0.1) is 0 Å². The van der Waals surface area contributed by atoms with Crippen molar-refractivity contribution in [1.29, 1.82) is 0 Å². The lowest BCUT2D eigenvalue weighted by Gasteiger charge is -2.19. The summed E-state index contributed by atoms with van der Waals surface area (Å²) in [4.78, 5) is 2.37. The minimum atomic E-state index is 0.969. The largest absolute Gasteiger partial charge is 0.309 e. The molecule has 0 bridgehead atoms. The van der Waals surface area contributed by atoms with Gasteiger partial charge in [-0.1, -0.05) is 147 Å². The zero-order valence-electron chi connectivity index (χ0n) is 24.3. The Balaban J connectivity index is 3.61. The van der Waals surface area contributed by atoms with Crippen LogP contribution in [0.15, 0.2) is 24.3 Å². The lowest BCUT2D eigenvalue weighted by molar-refractivity contribution is 0.314. The molecule has 0 heterocycles. The molecule has 0 fully saturated rings. The van der Waals surface area contributed by atoms with Crippen LogP contribution in [0.3, 0.4) is 0 Å². The first-order valence-electron chi connectivity index (χ1n) is 15.6. The van der Waals surface area contributed by atoms with Crippen molar-refractivity contribution in [3.63, 3.8) is 0 Å². The predicted octanol–water partition coefficient (Wildman–Crippen LogP) is 11.3. The van der Waals surface area contributed by atoms with E-state index < -0.39 is 0 Å². The molecule has 0 saturated carbocycles. The number of hydrogen-bond acceptors (Lipinski definition) is 1. The molecule has 0 aromatic heterocycles. The van der Waals surface area contributed by atoms with E-state index in [1.54, 1.807) is 0 Å². The number of rotatable bonds is 27. The van der Waals surface area contributed by atoms with Gasteiger partial charge in [-0.2, -0.15) is 0 Å². The molecule has 0 aliphatic carbocycles. The van der Waals surface area contributed by atoms with Gasteiger partial charge in [-0.15, -0.1) is 0 Å². The van der Waals surface area contributed by atoms with Gasteiger partial charge in [0.25, 0.3) is 0 Å². The topological polar surface area (TPSA) is 3.24 Å². The molecule has 1 atom stereocenters. The Morgan fingerprint density at radius 1 is 0.471 bits per heavy atom. The highest BCUT2D eigenvalue weighted by atomic mass is 15.0. The van der Waals surface area contributed by atoms with Crippen LogP contribution in [0.5, 0.6) is 0 Å². The van der Waals surface area contributed by atoms with E-state index in [0.717, 1.165) is 12.3 Å². The number of nitrogens with zero attached hydrogens (tertiary/aromatic N) is 1. The van der Waals surface area contributed by atoms with Gasteiger partial charge in [-0.25, -0.2) is 0 Å². The molecule has 0 N–H and O–H groups in total. The number of hydrogen-bond donors (Lipinski definition) is 0. The average molecular weight is 476 g/mol. The molecular formula is C33H65N. The average Bonchev–Trinajstić information content (AvgIpc) is 2.83. The summed E-state index contributed by atoms with van der Waals surface area (Å²) in [7, 11) is 4.46. The van der Waals surface area contributed by atoms with Crippen LogP contribution >= 0.6 is 0 Å². The Labute approximate surface area is 217 Å². The third-order valence-corrected chi connectivity index (χ3v) is 7.26. The van der Waals surface area contributed by atoms with Crippen LogP contribution in [0, 0.1) is 5.92 Å². The Bertz CT molecular complexity index is 422. The van der Waals surface area contributed by atoms with Crippen molar-refractivity contribution in [3.8, 4) is 0 Å². The van der Waals surface area contributed by atoms with Crippen LogP contribution in [0.4, 0.5) is 0 Å². The van der Waals surface area contributed by atoms with Gasteiger partial charge in [0.1, 0.15) is 0 Å². The summed E-state index contributed by atoms with van der Waals surface area (Å²) in [6.45, 7) is 5.85. The van der Waals surface area contributed by atoms with E-state index >= 15 is 0 Å². The predicted molar refractivity (Wildman–Crippen MR) is 158 cm³/mol. The molecule has 202 valence electrons. The van der Waals surface area contributed by atoms with Crippen molar-refractivity contribution < 1.29 is 0 Å². The van der Waals surface area contributed by atoms with E-state index in [4.69, 9.17) is 0 Å². The minimum Gasteiger partial charge on any atom is -0.309 e. The fraction of sp³-hybridized carbons (Fsp3) is 0.879. The van der Waals surface area contributed by atoms with Crippen molar-refractivity contribution in [1.82, 2.24) is 4.90 Å². The van der Waals surface area contributed by atoms with Crippen LogP contribution in [-0.2, 0) is 0 Å². The molecule has 0 radical (unpaired) electrons. The highest BCUT2D eigenvalue weighted by Crippen LogP contribution is 2.22. The van der Waals surface area contributed by atoms with Crippen molar-refractivity contribution in [3.05, 3.63) is 24.3 Å². The smallest absolute Gasteiger partial charge is 0.00222 e. The Morgan fingerprint density at radius 2 is 0.882 bits per heavy atom. The van der Waals surface area contributed by atoms with Crippen LogP contribution in [0.25, 0.3) is 0 Å². The summed E-state index contributed by atoms with van der Waals surface area (Å²) in [6, 6.07) is 0. The molecule has 0 aromatic carbocycles. The molecule has 1 heteroatoms. The maximum atomic E-state index is 2.40. The first-order chi connectivity index (χ1) is 16.7. The highest BCUT2D eigenvalue weighted by Gasteiger charge is 2.09. The van der Waals surface area contributed by atoms with Crippen molar-refractivity contribution in [2.75, 3.05) is 20.6 Å². The monoisotopic (exact) mass is 476 g/mol. The molecule has 0 rings (SSSR count). The molecule has 0 amide bonds. The molecular weight excluding hydrogens is 410 g/mol. The molecule has 1 nitrogen and oxygen atoms in total. The molecule has 0 spiro atoms. The summed E-state index contributed by atoms with van der Waals surface area (Å²) < 4.78 is 0. The highest BCUT2D eigenvalue weighted by molar-refractivity contribution is 4.92. The first-order valence-corrected chi connectivity index (χ1v) is 15.6. The van der Waals surface area contributed by atoms with Gasteiger partial charge in [0, 0.05) is 0 Å². The van der Waals surface area contributed by atoms with Gasteiger partial charge >= 0.3 is 0 Å². The van der Waals surface area contributed by atoms with Crippen LogP contribution in [-0.4, -0.2) is 25.5 Å². The lowest BCUT2D eigenvalue weighted by Crippen LogP contribution is -2.17. The lowest BCUT2D eigenvalue weighted by atomic mass is 9.91. The number of unbranched alkanes of at least 4 members (excludes halogenated alkanes) is 16. The third kappa shape index (κ3) is 27.7. The van der Waals surface area contributed by atoms with E-state index in [1.807, 2.05) is 0 Å². The molecule has 0 unspecified atom stereocenters. The normalized spacial score (nSPS) is 13.1. The number of allylic oxidation sites excluding steroid dienone is 4. The van der Waals surface area contributed by atoms with Gasteiger partial charge in [0.15, 0.2) is 0 Å².